The largest absolute Gasteiger partial charge is 0.368 e. The molecule has 3 aromatic rings. The van der Waals surface area contributed by atoms with Gasteiger partial charge in [-0.05, 0) is 51.9 Å². The molecular formula is C24H26N2O2. The van der Waals surface area contributed by atoms with E-state index in [1.807, 2.05) is 24.3 Å². The molecule has 0 radical (unpaired) electrons. The van der Waals surface area contributed by atoms with Crippen LogP contribution in [0.5, 0.6) is 0 Å². The van der Waals surface area contributed by atoms with E-state index in [1.165, 1.54) is 12.8 Å². The van der Waals surface area contributed by atoms with Crippen LogP contribution in [0.2, 0.25) is 0 Å². The van der Waals surface area contributed by atoms with Crippen molar-refractivity contribution in [2.75, 3.05) is 0 Å². The lowest BCUT2D eigenvalue weighted by Gasteiger charge is -2.19. The molecule has 2 amide bonds. The number of nitrogens with one attached hydrogen (secondary N) is 1. The topological polar surface area (TPSA) is 72.2 Å². The summed E-state index contributed by atoms with van der Waals surface area (Å²) in [7, 11) is 0. The quantitative estimate of drug-likeness (QED) is 0.638. The van der Waals surface area contributed by atoms with Crippen molar-refractivity contribution in [3.63, 3.8) is 0 Å². The summed E-state index contributed by atoms with van der Waals surface area (Å²) in [5, 5.41) is 7.34. The van der Waals surface area contributed by atoms with Crippen molar-refractivity contribution in [3.8, 4) is 0 Å². The fourth-order valence-electron chi connectivity index (χ4n) is 4.48. The van der Waals surface area contributed by atoms with Crippen LogP contribution >= 0.6 is 0 Å². The number of nitrogens with two attached hydrogens (primary N) is 1. The Bertz CT molecular complexity index is 967. The van der Waals surface area contributed by atoms with Crippen molar-refractivity contribution in [1.82, 2.24) is 5.32 Å². The third-order valence-electron chi connectivity index (χ3n) is 5.92. The van der Waals surface area contributed by atoms with Gasteiger partial charge >= 0.3 is 0 Å². The standard InChI is InChI=1S/C24H26N2O2/c25-24(28)22(26-23(27)13-16-7-1-2-8-16)15-21-19-11-5-3-9-17(19)14-18-10-4-6-12-20(18)21/h3-6,9-12,14,16,22H,1-2,7-8,13,15H2,(H2,25,28)(H,26,27)/t22-/m0/s1. The Morgan fingerprint density at radius 2 is 1.54 bits per heavy atom. The van der Waals surface area contributed by atoms with E-state index in [1.54, 1.807) is 0 Å². The monoisotopic (exact) mass is 374 g/mol. The lowest BCUT2D eigenvalue weighted by atomic mass is 9.92. The summed E-state index contributed by atoms with van der Waals surface area (Å²) in [5.74, 6) is -0.121. The third kappa shape index (κ3) is 3.86. The van der Waals surface area contributed by atoms with Gasteiger partial charge in [0.2, 0.25) is 11.8 Å². The molecule has 0 heterocycles. The Labute approximate surface area is 165 Å². The molecule has 1 saturated carbocycles. The smallest absolute Gasteiger partial charge is 0.240 e. The van der Waals surface area contributed by atoms with Crippen LogP contribution < -0.4 is 11.1 Å². The van der Waals surface area contributed by atoms with Gasteiger partial charge < -0.3 is 11.1 Å². The average molecular weight is 374 g/mol. The second-order valence-electron chi connectivity index (χ2n) is 7.88. The van der Waals surface area contributed by atoms with Crippen LogP contribution in [0, 0.1) is 5.92 Å². The van der Waals surface area contributed by atoms with Crippen molar-refractivity contribution < 1.29 is 9.59 Å². The number of carbonyl (C=O) groups excluding carboxylic acids is 2. The second-order valence-corrected chi connectivity index (χ2v) is 7.88. The van der Waals surface area contributed by atoms with Gasteiger partial charge in [-0.2, -0.15) is 0 Å². The summed E-state index contributed by atoms with van der Waals surface area (Å²) >= 11 is 0. The first-order valence-corrected chi connectivity index (χ1v) is 10.1. The molecule has 3 N–H and O–H groups in total. The summed E-state index contributed by atoms with van der Waals surface area (Å²) in [5.41, 5.74) is 6.73. The molecule has 1 atom stereocenters. The first kappa shape index (κ1) is 18.5. The molecule has 1 aliphatic rings. The summed E-state index contributed by atoms with van der Waals surface area (Å²) in [6, 6.07) is 17.7. The van der Waals surface area contributed by atoms with Crippen LogP contribution in [0.15, 0.2) is 54.6 Å². The number of amides is 2. The summed E-state index contributed by atoms with van der Waals surface area (Å²) < 4.78 is 0. The molecule has 1 fully saturated rings. The maximum atomic E-state index is 12.5. The molecule has 3 aromatic carbocycles. The SMILES string of the molecule is NC(=O)[C@H](Cc1c2ccccc2cc2ccccc12)NC(=O)CC1CCCC1. The fourth-order valence-corrected chi connectivity index (χ4v) is 4.48. The minimum atomic E-state index is -0.705. The van der Waals surface area contributed by atoms with E-state index in [0.29, 0.717) is 18.8 Å². The molecule has 4 rings (SSSR count). The van der Waals surface area contributed by atoms with Crippen LogP contribution in [0.4, 0.5) is 0 Å². The highest BCUT2D eigenvalue weighted by atomic mass is 16.2. The van der Waals surface area contributed by atoms with E-state index in [-0.39, 0.29) is 5.91 Å². The zero-order valence-corrected chi connectivity index (χ0v) is 16.0. The van der Waals surface area contributed by atoms with Crippen LogP contribution in [0.3, 0.4) is 0 Å². The minimum absolute atomic E-state index is 0.0692. The van der Waals surface area contributed by atoms with Gasteiger partial charge in [0.15, 0.2) is 0 Å². The Morgan fingerprint density at radius 3 is 2.11 bits per heavy atom. The Morgan fingerprint density at radius 1 is 0.964 bits per heavy atom. The molecule has 4 nitrogen and oxygen atoms in total. The molecule has 0 bridgehead atoms. The Kier molecular flexibility index (Phi) is 5.29. The average Bonchev–Trinajstić information content (AvgIpc) is 3.19. The van der Waals surface area contributed by atoms with E-state index in [9.17, 15) is 9.59 Å². The van der Waals surface area contributed by atoms with Gasteiger partial charge in [-0.3, -0.25) is 9.59 Å². The summed E-state index contributed by atoms with van der Waals surface area (Å²) in [4.78, 5) is 24.7. The van der Waals surface area contributed by atoms with Crippen molar-refractivity contribution in [2.45, 2.75) is 44.6 Å². The Hall–Kier alpha value is -2.88. The molecule has 0 aromatic heterocycles. The van der Waals surface area contributed by atoms with E-state index in [0.717, 1.165) is 39.9 Å². The predicted molar refractivity (Wildman–Crippen MR) is 113 cm³/mol. The molecule has 4 heteroatoms. The molecule has 0 saturated heterocycles. The number of primary amides is 1. The molecule has 1 aliphatic carbocycles. The van der Waals surface area contributed by atoms with Crippen LogP contribution in [0.25, 0.3) is 21.5 Å². The summed E-state index contributed by atoms with van der Waals surface area (Å²) in [6.07, 6.45) is 5.47. The van der Waals surface area contributed by atoms with E-state index >= 15 is 0 Å². The van der Waals surface area contributed by atoms with Crippen LogP contribution in [-0.2, 0) is 16.0 Å². The molecular weight excluding hydrogens is 348 g/mol. The Balaban J connectivity index is 1.65. The van der Waals surface area contributed by atoms with Gasteiger partial charge in [-0.25, -0.2) is 0 Å². The summed E-state index contributed by atoms with van der Waals surface area (Å²) in [6.45, 7) is 0. The molecule has 28 heavy (non-hydrogen) atoms. The molecule has 144 valence electrons. The van der Waals surface area contributed by atoms with Gasteiger partial charge in [-0.1, -0.05) is 61.4 Å². The number of benzene rings is 3. The van der Waals surface area contributed by atoms with E-state index in [4.69, 9.17) is 5.73 Å². The highest BCUT2D eigenvalue weighted by Gasteiger charge is 2.24. The first-order chi connectivity index (χ1) is 13.6. The number of hydrogen-bond acceptors (Lipinski definition) is 2. The lowest BCUT2D eigenvalue weighted by Crippen LogP contribution is -2.46. The first-order valence-electron chi connectivity index (χ1n) is 10.1. The van der Waals surface area contributed by atoms with E-state index < -0.39 is 11.9 Å². The zero-order valence-electron chi connectivity index (χ0n) is 16.0. The van der Waals surface area contributed by atoms with Gasteiger partial charge in [0.25, 0.3) is 0 Å². The molecule has 0 aliphatic heterocycles. The van der Waals surface area contributed by atoms with Gasteiger partial charge in [0.05, 0.1) is 0 Å². The van der Waals surface area contributed by atoms with Crippen LogP contribution in [-0.4, -0.2) is 17.9 Å². The normalized spacial score (nSPS) is 15.7. The number of rotatable bonds is 6. The third-order valence-corrected chi connectivity index (χ3v) is 5.92. The maximum Gasteiger partial charge on any atom is 0.240 e. The van der Waals surface area contributed by atoms with E-state index in [2.05, 4.69) is 35.6 Å². The van der Waals surface area contributed by atoms with Gasteiger partial charge in [0.1, 0.15) is 6.04 Å². The number of carbonyl (C=O) groups is 2. The van der Waals surface area contributed by atoms with Crippen molar-refractivity contribution >= 4 is 33.4 Å². The minimum Gasteiger partial charge on any atom is -0.368 e. The van der Waals surface area contributed by atoms with Crippen molar-refractivity contribution in [3.05, 3.63) is 60.2 Å². The van der Waals surface area contributed by atoms with Crippen LogP contribution in [0.1, 0.15) is 37.7 Å². The predicted octanol–water partition coefficient (Wildman–Crippen LogP) is 4.09. The molecule has 0 spiro atoms. The fraction of sp³-hybridized carbons (Fsp3) is 0.333. The maximum absolute atomic E-state index is 12.5. The molecule has 0 unspecified atom stereocenters. The van der Waals surface area contributed by atoms with Crippen molar-refractivity contribution in [2.24, 2.45) is 11.7 Å². The lowest BCUT2D eigenvalue weighted by molar-refractivity contribution is -0.127. The van der Waals surface area contributed by atoms with Gasteiger partial charge in [0, 0.05) is 12.8 Å². The highest BCUT2D eigenvalue weighted by Crippen LogP contribution is 2.30. The second kappa shape index (κ2) is 8.01. The van der Waals surface area contributed by atoms with Crippen molar-refractivity contribution in [1.29, 1.82) is 0 Å². The zero-order chi connectivity index (χ0) is 19.5. The number of hydrogen-bond donors (Lipinski definition) is 2. The van der Waals surface area contributed by atoms with Gasteiger partial charge in [-0.15, -0.1) is 0 Å². The highest BCUT2D eigenvalue weighted by molar-refractivity contribution is 6.03. The number of fused-ring (bicyclic) bond motifs is 2.